The summed E-state index contributed by atoms with van der Waals surface area (Å²) in [6.45, 7) is 2.66. The van der Waals surface area contributed by atoms with E-state index in [0.29, 0.717) is 23.6 Å². The SMILES string of the molecule is Oc1cccc(F)c1-c1c(Cl)cc2c(c1F)CC=CN2CC1CNC1. The Morgan fingerprint density at radius 1 is 1.24 bits per heavy atom. The average molecular weight is 363 g/mol. The maximum absolute atomic E-state index is 15.2. The minimum absolute atomic E-state index is 0.0865. The molecule has 1 saturated heterocycles. The second kappa shape index (κ2) is 6.32. The van der Waals surface area contributed by atoms with Gasteiger partial charge in [0.05, 0.1) is 10.6 Å². The molecule has 0 unspecified atom stereocenters. The Balaban J connectivity index is 1.82. The largest absolute Gasteiger partial charge is 0.507 e. The highest BCUT2D eigenvalue weighted by Crippen LogP contribution is 2.43. The quantitative estimate of drug-likeness (QED) is 0.863. The molecule has 25 heavy (non-hydrogen) atoms. The fourth-order valence-corrected chi connectivity index (χ4v) is 3.66. The highest BCUT2D eigenvalue weighted by molar-refractivity contribution is 6.33. The molecule has 4 rings (SSSR count). The van der Waals surface area contributed by atoms with Crippen LogP contribution in [0.25, 0.3) is 11.1 Å². The van der Waals surface area contributed by atoms with Crippen LogP contribution in [-0.4, -0.2) is 24.7 Å². The molecule has 2 aromatic rings. The maximum Gasteiger partial charge on any atom is 0.138 e. The lowest BCUT2D eigenvalue weighted by Gasteiger charge is -2.35. The smallest absolute Gasteiger partial charge is 0.138 e. The van der Waals surface area contributed by atoms with E-state index in [4.69, 9.17) is 11.6 Å². The van der Waals surface area contributed by atoms with Gasteiger partial charge in [0.15, 0.2) is 0 Å². The molecule has 2 aliphatic heterocycles. The normalized spacial score (nSPS) is 16.7. The summed E-state index contributed by atoms with van der Waals surface area (Å²) < 4.78 is 29.4. The predicted molar refractivity (Wildman–Crippen MR) is 95.0 cm³/mol. The number of nitrogens with zero attached hydrogens (tertiary/aromatic N) is 1. The minimum atomic E-state index is -0.704. The van der Waals surface area contributed by atoms with Gasteiger partial charge >= 0.3 is 0 Å². The molecule has 0 aliphatic carbocycles. The van der Waals surface area contributed by atoms with Gasteiger partial charge < -0.3 is 15.3 Å². The molecule has 0 radical (unpaired) electrons. The Kier molecular flexibility index (Phi) is 4.13. The van der Waals surface area contributed by atoms with E-state index in [-0.39, 0.29) is 21.9 Å². The first-order chi connectivity index (χ1) is 12.1. The summed E-state index contributed by atoms with van der Waals surface area (Å²) in [6.07, 6.45) is 4.23. The minimum Gasteiger partial charge on any atom is -0.507 e. The number of nitrogens with one attached hydrogen (secondary N) is 1. The van der Waals surface area contributed by atoms with E-state index in [0.717, 1.165) is 19.6 Å². The van der Waals surface area contributed by atoms with Crippen molar-refractivity contribution in [2.75, 3.05) is 24.5 Å². The summed E-state index contributed by atoms with van der Waals surface area (Å²) in [5.41, 5.74) is 0.891. The van der Waals surface area contributed by atoms with Crippen molar-refractivity contribution in [1.82, 2.24) is 5.32 Å². The Hall–Kier alpha value is -2.11. The number of hydrogen-bond acceptors (Lipinski definition) is 3. The molecule has 0 amide bonds. The second-order valence-corrected chi connectivity index (χ2v) is 6.85. The number of phenols is 1. The summed E-state index contributed by atoms with van der Waals surface area (Å²) in [7, 11) is 0. The summed E-state index contributed by atoms with van der Waals surface area (Å²) in [5.74, 6) is -1.11. The van der Waals surface area contributed by atoms with Gasteiger partial charge in [0.1, 0.15) is 17.4 Å². The van der Waals surface area contributed by atoms with Crippen LogP contribution >= 0.6 is 11.6 Å². The highest BCUT2D eigenvalue weighted by atomic mass is 35.5. The van der Waals surface area contributed by atoms with Crippen molar-refractivity contribution in [2.45, 2.75) is 6.42 Å². The van der Waals surface area contributed by atoms with Gasteiger partial charge in [0, 0.05) is 48.6 Å². The van der Waals surface area contributed by atoms with Gasteiger partial charge in [-0.25, -0.2) is 8.78 Å². The van der Waals surface area contributed by atoms with Crippen LogP contribution in [0.4, 0.5) is 14.5 Å². The predicted octanol–water partition coefficient (Wildman–Crippen LogP) is 4.09. The van der Waals surface area contributed by atoms with Crippen molar-refractivity contribution >= 4 is 17.3 Å². The summed E-state index contributed by atoms with van der Waals surface area (Å²) in [5, 5.41) is 13.3. The lowest BCUT2D eigenvalue weighted by molar-refractivity contribution is 0.354. The molecule has 0 bridgehead atoms. The molecule has 130 valence electrons. The number of fused-ring (bicyclic) bond motifs is 1. The third-order valence-electron chi connectivity index (χ3n) is 4.78. The molecule has 2 heterocycles. The fourth-order valence-electron chi connectivity index (χ4n) is 3.38. The van der Waals surface area contributed by atoms with Gasteiger partial charge in [-0.05, 0) is 24.6 Å². The molecule has 0 aromatic heterocycles. The average Bonchev–Trinajstić information content (AvgIpc) is 2.54. The third kappa shape index (κ3) is 2.77. The summed E-state index contributed by atoms with van der Waals surface area (Å²) in [4.78, 5) is 1.99. The van der Waals surface area contributed by atoms with Crippen LogP contribution in [0.15, 0.2) is 36.5 Å². The zero-order valence-electron chi connectivity index (χ0n) is 13.4. The van der Waals surface area contributed by atoms with Crippen LogP contribution < -0.4 is 10.2 Å². The maximum atomic E-state index is 15.2. The Morgan fingerprint density at radius 2 is 2.04 bits per heavy atom. The lowest BCUT2D eigenvalue weighted by atomic mass is 9.95. The molecule has 1 fully saturated rings. The van der Waals surface area contributed by atoms with E-state index < -0.39 is 11.6 Å². The van der Waals surface area contributed by atoms with Gasteiger partial charge in [0.2, 0.25) is 0 Å². The number of allylic oxidation sites excluding steroid dienone is 1. The van der Waals surface area contributed by atoms with E-state index in [1.54, 1.807) is 6.07 Å². The summed E-state index contributed by atoms with van der Waals surface area (Å²) in [6, 6.07) is 5.54. The standard InChI is InChI=1S/C19H17ClF2N2O/c20-13-7-15-12(3-2-6-24(15)10-11-8-23-9-11)19(22)17(13)18-14(21)4-1-5-16(18)25/h1-2,4-7,11,23,25H,3,8-10H2. The van der Waals surface area contributed by atoms with E-state index in [1.807, 2.05) is 17.2 Å². The monoisotopic (exact) mass is 362 g/mol. The molecular formula is C19H17ClF2N2O. The third-order valence-corrected chi connectivity index (χ3v) is 5.07. The molecule has 2 N–H and O–H groups in total. The van der Waals surface area contributed by atoms with E-state index in [9.17, 15) is 9.50 Å². The van der Waals surface area contributed by atoms with Gasteiger partial charge in [-0.15, -0.1) is 0 Å². The van der Waals surface area contributed by atoms with E-state index >= 15 is 4.39 Å². The molecule has 6 heteroatoms. The molecule has 2 aliphatic rings. The molecular weight excluding hydrogens is 346 g/mol. The first-order valence-electron chi connectivity index (χ1n) is 8.19. The zero-order valence-corrected chi connectivity index (χ0v) is 14.2. The number of halogens is 3. The van der Waals surface area contributed by atoms with Crippen LogP contribution in [0.5, 0.6) is 5.75 Å². The topological polar surface area (TPSA) is 35.5 Å². The molecule has 0 atom stereocenters. The van der Waals surface area contributed by atoms with Gasteiger partial charge in [-0.2, -0.15) is 0 Å². The second-order valence-electron chi connectivity index (χ2n) is 6.44. The van der Waals surface area contributed by atoms with Crippen LogP contribution in [0.3, 0.4) is 0 Å². The number of benzene rings is 2. The van der Waals surface area contributed by atoms with Crippen LogP contribution in [-0.2, 0) is 6.42 Å². The molecule has 3 nitrogen and oxygen atoms in total. The Labute approximate surface area is 149 Å². The molecule has 0 spiro atoms. The van der Waals surface area contributed by atoms with Crippen molar-refractivity contribution < 1.29 is 13.9 Å². The zero-order chi connectivity index (χ0) is 17.6. The first-order valence-corrected chi connectivity index (χ1v) is 8.56. The van der Waals surface area contributed by atoms with Crippen LogP contribution in [0, 0.1) is 17.6 Å². The van der Waals surface area contributed by atoms with Crippen molar-refractivity contribution in [3.8, 4) is 16.9 Å². The number of anilines is 1. The Morgan fingerprint density at radius 3 is 2.72 bits per heavy atom. The van der Waals surface area contributed by atoms with Gasteiger partial charge in [-0.3, -0.25) is 0 Å². The highest BCUT2D eigenvalue weighted by Gasteiger charge is 2.28. The fraction of sp³-hybridized carbons (Fsp3) is 0.263. The summed E-state index contributed by atoms with van der Waals surface area (Å²) >= 11 is 6.31. The molecule has 0 saturated carbocycles. The van der Waals surface area contributed by atoms with E-state index in [1.165, 1.54) is 18.2 Å². The van der Waals surface area contributed by atoms with Crippen molar-refractivity contribution in [2.24, 2.45) is 5.92 Å². The first kappa shape index (κ1) is 16.4. The van der Waals surface area contributed by atoms with Crippen LogP contribution in [0.1, 0.15) is 5.56 Å². The number of hydrogen-bond donors (Lipinski definition) is 2. The Bertz CT molecular complexity index is 845. The van der Waals surface area contributed by atoms with E-state index in [2.05, 4.69) is 5.32 Å². The van der Waals surface area contributed by atoms with Crippen molar-refractivity contribution in [3.63, 3.8) is 0 Å². The number of aromatic hydroxyl groups is 1. The van der Waals surface area contributed by atoms with Gasteiger partial charge in [0.25, 0.3) is 0 Å². The number of phenolic OH excluding ortho intramolecular Hbond substituents is 1. The van der Waals surface area contributed by atoms with Crippen LogP contribution in [0.2, 0.25) is 5.02 Å². The van der Waals surface area contributed by atoms with Crippen molar-refractivity contribution in [3.05, 3.63) is 58.8 Å². The van der Waals surface area contributed by atoms with Gasteiger partial charge in [-0.1, -0.05) is 23.7 Å². The molecule has 2 aromatic carbocycles. The lowest BCUT2D eigenvalue weighted by Crippen LogP contribution is -2.47. The number of rotatable bonds is 3. The van der Waals surface area contributed by atoms with Crippen molar-refractivity contribution in [1.29, 1.82) is 0 Å².